The van der Waals surface area contributed by atoms with Crippen LogP contribution in [0.1, 0.15) is 50.7 Å². The van der Waals surface area contributed by atoms with E-state index < -0.39 is 0 Å². The number of methoxy groups -OCH3 is 1. The standard InChI is InChI=1S/C17H27NO/c1-5-17(3,19-4)16(18-6-2)12-14-11-13-9-7-8-10-15(13)14/h7-10,14,16,18H,5-6,11-12H2,1-4H3. The number of hydrogen-bond donors (Lipinski definition) is 1. The molecule has 0 fully saturated rings. The number of nitrogens with one attached hydrogen (secondary N) is 1. The van der Waals surface area contributed by atoms with E-state index in [-0.39, 0.29) is 5.60 Å². The highest BCUT2D eigenvalue weighted by molar-refractivity contribution is 5.40. The van der Waals surface area contributed by atoms with Crippen molar-refractivity contribution in [3.63, 3.8) is 0 Å². The van der Waals surface area contributed by atoms with Crippen molar-refractivity contribution in [2.45, 2.75) is 57.6 Å². The number of benzene rings is 1. The lowest BCUT2D eigenvalue weighted by atomic mass is 9.72. The van der Waals surface area contributed by atoms with Crippen molar-refractivity contribution in [1.29, 1.82) is 0 Å². The molecule has 106 valence electrons. The van der Waals surface area contributed by atoms with Crippen molar-refractivity contribution in [3.05, 3.63) is 35.4 Å². The lowest BCUT2D eigenvalue weighted by molar-refractivity contribution is -0.0329. The minimum Gasteiger partial charge on any atom is -0.377 e. The molecule has 2 heteroatoms. The molecule has 1 aliphatic carbocycles. The van der Waals surface area contributed by atoms with E-state index >= 15 is 0 Å². The van der Waals surface area contributed by atoms with Gasteiger partial charge in [-0.2, -0.15) is 0 Å². The Hall–Kier alpha value is -0.860. The monoisotopic (exact) mass is 261 g/mol. The number of likely N-dealkylation sites (N-methyl/N-ethyl adjacent to an activating group) is 1. The van der Waals surface area contributed by atoms with Crippen LogP contribution in [-0.2, 0) is 11.2 Å². The molecule has 3 atom stereocenters. The van der Waals surface area contributed by atoms with Crippen LogP contribution in [0.3, 0.4) is 0 Å². The molecule has 0 amide bonds. The first-order valence-corrected chi connectivity index (χ1v) is 7.51. The Bertz CT molecular complexity index is 411. The minimum atomic E-state index is -0.0689. The van der Waals surface area contributed by atoms with Crippen molar-refractivity contribution in [2.75, 3.05) is 13.7 Å². The first-order chi connectivity index (χ1) is 9.14. The van der Waals surface area contributed by atoms with Gasteiger partial charge >= 0.3 is 0 Å². The molecule has 0 saturated carbocycles. The fourth-order valence-electron chi connectivity index (χ4n) is 3.19. The highest BCUT2D eigenvalue weighted by Gasteiger charge is 2.36. The average Bonchev–Trinajstić information content (AvgIpc) is 2.42. The summed E-state index contributed by atoms with van der Waals surface area (Å²) in [7, 11) is 1.84. The summed E-state index contributed by atoms with van der Waals surface area (Å²) in [6.07, 6.45) is 3.43. The molecule has 1 aliphatic rings. The molecule has 0 radical (unpaired) electrons. The Morgan fingerprint density at radius 1 is 1.37 bits per heavy atom. The second-order valence-electron chi connectivity index (χ2n) is 5.82. The fourth-order valence-corrected chi connectivity index (χ4v) is 3.19. The largest absolute Gasteiger partial charge is 0.377 e. The van der Waals surface area contributed by atoms with E-state index in [2.05, 4.69) is 50.4 Å². The number of rotatable bonds is 7. The molecule has 0 bridgehead atoms. The van der Waals surface area contributed by atoms with Gasteiger partial charge in [-0.15, -0.1) is 0 Å². The van der Waals surface area contributed by atoms with Crippen molar-refractivity contribution in [3.8, 4) is 0 Å². The van der Waals surface area contributed by atoms with Crippen LogP contribution < -0.4 is 5.32 Å². The van der Waals surface area contributed by atoms with Gasteiger partial charge in [-0.25, -0.2) is 0 Å². The van der Waals surface area contributed by atoms with Crippen molar-refractivity contribution >= 4 is 0 Å². The molecular weight excluding hydrogens is 234 g/mol. The maximum Gasteiger partial charge on any atom is 0.0800 e. The van der Waals surface area contributed by atoms with Gasteiger partial charge in [-0.3, -0.25) is 0 Å². The van der Waals surface area contributed by atoms with E-state index in [0.29, 0.717) is 12.0 Å². The van der Waals surface area contributed by atoms with Gasteiger partial charge in [0.25, 0.3) is 0 Å². The van der Waals surface area contributed by atoms with Crippen molar-refractivity contribution in [1.82, 2.24) is 5.32 Å². The second-order valence-corrected chi connectivity index (χ2v) is 5.82. The Labute approximate surface area is 117 Å². The third-order valence-corrected chi connectivity index (χ3v) is 4.84. The molecule has 0 aliphatic heterocycles. The lowest BCUT2D eigenvalue weighted by Gasteiger charge is -2.41. The Kier molecular flexibility index (Phi) is 4.64. The number of fused-ring (bicyclic) bond motifs is 1. The average molecular weight is 261 g/mol. The van der Waals surface area contributed by atoms with Crippen LogP contribution in [-0.4, -0.2) is 25.3 Å². The van der Waals surface area contributed by atoms with Crippen molar-refractivity contribution in [2.24, 2.45) is 0 Å². The SMILES string of the molecule is CCNC(CC1Cc2ccccc21)C(C)(CC)OC. The van der Waals surface area contributed by atoms with E-state index in [1.165, 1.54) is 18.4 Å². The number of hydrogen-bond acceptors (Lipinski definition) is 2. The molecule has 0 spiro atoms. The quantitative estimate of drug-likeness (QED) is 0.811. The summed E-state index contributed by atoms with van der Waals surface area (Å²) in [5.41, 5.74) is 3.00. The number of ether oxygens (including phenoxy) is 1. The third-order valence-electron chi connectivity index (χ3n) is 4.84. The van der Waals surface area contributed by atoms with Gasteiger partial charge < -0.3 is 10.1 Å². The zero-order chi connectivity index (χ0) is 13.9. The van der Waals surface area contributed by atoms with Gasteiger partial charge in [0.15, 0.2) is 0 Å². The predicted octanol–water partition coefficient (Wildman–Crippen LogP) is 3.51. The van der Waals surface area contributed by atoms with Gasteiger partial charge in [0.1, 0.15) is 0 Å². The molecule has 0 heterocycles. The van der Waals surface area contributed by atoms with Crippen LogP contribution in [0.15, 0.2) is 24.3 Å². The zero-order valence-corrected chi connectivity index (χ0v) is 12.7. The lowest BCUT2D eigenvalue weighted by Crippen LogP contribution is -2.51. The van der Waals surface area contributed by atoms with Gasteiger partial charge in [-0.05, 0) is 49.8 Å². The summed E-state index contributed by atoms with van der Waals surface area (Å²) < 4.78 is 5.80. The Morgan fingerprint density at radius 3 is 2.68 bits per heavy atom. The summed E-state index contributed by atoms with van der Waals surface area (Å²) in [4.78, 5) is 0. The molecule has 3 unspecified atom stereocenters. The van der Waals surface area contributed by atoms with E-state index in [0.717, 1.165) is 13.0 Å². The molecule has 1 aromatic rings. The van der Waals surface area contributed by atoms with E-state index in [1.54, 1.807) is 5.56 Å². The summed E-state index contributed by atoms with van der Waals surface area (Å²) in [6, 6.07) is 9.25. The summed E-state index contributed by atoms with van der Waals surface area (Å²) >= 11 is 0. The molecule has 1 N–H and O–H groups in total. The predicted molar refractivity (Wildman–Crippen MR) is 80.7 cm³/mol. The van der Waals surface area contributed by atoms with Crippen LogP contribution in [0, 0.1) is 0 Å². The maximum atomic E-state index is 5.80. The Morgan fingerprint density at radius 2 is 2.11 bits per heavy atom. The molecule has 19 heavy (non-hydrogen) atoms. The molecule has 2 rings (SSSR count). The summed E-state index contributed by atoms with van der Waals surface area (Å²) in [6.45, 7) is 7.61. The first kappa shape index (κ1) is 14.5. The highest BCUT2D eigenvalue weighted by atomic mass is 16.5. The minimum absolute atomic E-state index is 0.0689. The Balaban J connectivity index is 2.07. The molecule has 0 aromatic heterocycles. The van der Waals surface area contributed by atoms with Crippen LogP contribution in [0.5, 0.6) is 0 Å². The summed E-state index contributed by atoms with van der Waals surface area (Å²) in [5.74, 6) is 0.696. The van der Waals surface area contributed by atoms with Crippen LogP contribution in [0.2, 0.25) is 0 Å². The van der Waals surface area contributed by atoms with Gasteiger partial charge in [0.2, 0.25) is 0 Å². The van der Waals surface area contributed by atoms with E-state index in [1.807, 2.05) is 7.11 Å². The molecule has 2 nitrogen and oxygen atoms in total. The second kappa shape index (κ2) is 6.06. The fraction of sp³-hybridized carbons (Fsp3) is 0.647. The third kappa shape index (κ3) is 2.85. The summed E-state index contributed by atoms with van der Waals surface area (Å²) in [5, 5.41) is 3.63. The highest BCUT2D eigenvalue weighted by Crippen LogP contribution is 2.40. The van der Waals surface area contributed by atoms with Gasteiger partial charge in [0, 0.05) is 13.2 Å². The van der Waals surface area contributed by atoms with E-state index in [4.69, 9.17) is 4.74 Å². The van der Waals surface area contributed by atoms with Gasteiger partial charge in [0.05, 0.1) is 5.60 Å². The van der Waals surface area contributed by atoms with Crippen LogP contribution in [0.4, 0.5) is 0 Å². The maximum absolute atomic E-state index is 5.80. The topological polar surface area (TPSA) is 21.3 Å². The molecule has 0 saturated heterocycles. The van der Waals surface area contributed by atoms with Crippen molar-refractivity contribution < 1.29 is 4.74 Å². The first-order valence-electron chi connectivity index (χ1n) is 7.51. The van der Waals surface area contributed by atoms with Crippen LogP contribution in [0.25, 0.3) is 0 Å². The smallest absolute Gasteiger partial charge is 0.0800 e. The molecule has 1 aromatic carbocycles. The molecular formula is C17H27NO. The van der Waals surface area contributed by atoms with Crippen LogP contribution >= 0.6 is 0 Å². The normalized spacial score (nSPS) is 22.2. The van der Waals surface area contributed by atoms with Gasteiger partial charge in [-0.1, -0.05) is 38.1 Å². The zero-order valence-electron chi connectivity index (χ0n) is 12.7. The van der Waals surface area contributed by atoms with E-state index in [9.17, 15) is 0 Å².